The second kappa shape index (κ2) is 7.22. The fourth-order valence-electron chi connectivity index (χ4n) is 2.12. The van der Waals surface area contributed by atoms with E-state index >= 15 is 0 Å². The highest BCUT2D eigenvalue weighted by molar-refractivity contribution is 5.94. The van der Waals surface area contributed by atoms with Gasteiger partial charge in [0.15, 0.2) is 0 Å². The Bertz CT molecular complexity index is 647. The first-order chi connectivity index (χ1) is 10.2. The summed E-state index contributed by atoms with van der Waals surface area (Å²) in [6.07, 6.45) is 0. The molecule has 0 unspecified atom stereocenters. The van der Waals surface area contributed by atoms with Gasteiger partial charge in [-0.05, 0) is 23.8 Å². The first kappa shape index (κ1) is 14.8. The standard InChI is InChI=1S/C17H17N3O/c18-9-10-20(13-14-5-2-1-3-6-14)17(21)16-8-4-7-15(11-16)12-19/h1-8,11H,9-10,13,18H2. The van der Waals surface area contributed by atoms with Gasteiger partial charge in [-0.3, -0.25) is 4.79 Å². The van der Waals surface area contributed by atoms with E-state index in [4.69, 9.17) is 11.0 Å². The van der Waals surface area contributed by atoms with Crippen molar-refractivity contribution in [2.45, 2.75) is 6.54 Å². The van der Waals surface area contributed by atoms with Crippen molar-refractivity contribution in [3.05, 3.63) is 71.3 Å². The molecule has 0 aliphatic heterocycles. The third kappa shape index (κ3) is 3.91. The number of nitrogens with two attached hydrogens (primary N) is 1. The minimum atomic E-state index is -0.110. The molecule has 2 aromatic carbocycles. The van der Waals surface area contributed by atoms with Crippen molar-refractivity contribution in [1.82, 2.24) is 4.90 Å². The molecule has 2 N–H and O–H groups in total. The number of nitriles is 1. The summed E-state index contributed by atoms with van der Waals surface area (Å²) >= 11 is 0. The van der Waals surface area contributed by atoms with Gasteiger partial charge in [-0.1, -0.05) is 36.4 Å². The quantitative estimate of drug-likeness (QED) is 0.911. The molecule has 0 aliphatic carbocycles. The lowest BCUT2D eigenvalue weighted by atomic mass is 10.1. The molecule has 1 amide bonds. The van der Waals surface area contributed by atoms with Crippen molar-refractivity contribution < 1.29 is 4.79 Å². The number of carbonyl (C=O) groups excluding carboxylic acids is 1. The average Bonchev–Trinajstić information content (AvgIpc) is 2.55. The molecule has 0 radical (unpaired) electrons. The molecule has 0 saturated carbocycles. The summed E-state index contributed by atoms with van der Waals surface area (Å²) in [4.78, 5) is 14.3. The summed E-state index contributed by atoms with van der Waals surface area (Å²) in [7, 11) is 0. The van der Waals surface area contributed by atoms with Crippen LogP contribution in [0.2, 0.25) is 0 Å². The fourth-order valence-corrected chi connectivity index (χ4v) is 2.12. The molecule has 2 aromatic rings. The lowest BCUT2D eigenvalue weighted by Gasteiger charge is -2.22. The minimum absolute atomic E-state index is 0.110. The van der Waals surface area contributed by atoms with Gasteiger partial charge in [0.25, 0.3) is 5.91 Å². The summed E-state index contributed by atoms with van der Waals surface area (Å²) in [5, 5.41) is 8.93. The normalized spacial score (nSPS) is 9.90. The van der Waals surface area contributed by atoms with Crippen LogP contribution < -0.4 is 5.73 Å². The Morgan fingerprint density at radius 2 is 1.90 bits per heavy atom. The third-order valence-electron chi connectivity index (χ3n) is 3.14. The number of nitrogens with zero attached hydrogens (tertiary/aromatic N) is 2. The van der Waals surface area contributed by atoms with E-state index in [1.54, 1.807) is 29.2 Å². The van der Waals surface area contributed by atoms with Gasteiger partial charge in [-0.2, -0.15) is 5.26 Å². The van der Waals surface area contributed by atoms with Gasteiger partial charge >= 0.3 is 0 Å². The van der Waals surface area contributed by atoms with E-state index in [-0.39, 0.29) is 5.91 Å². The van der Waals surface area contributed by atoms with Crippen LogP contribution in [0.3, 0.4) is 0 Å². The second-order valence-corrected chi connectivity index (χ2v) is 4.69. The van der Waals surface area contributed by atoms with E-state index in [1.165, 1.54) is 0 Å². The van der Waals surface area contributed by atoms with Gasteiger partial charge < -0.3 is 10.6 Å². The smallest absolute Gasteiger partial charge is 0.254 e. The maximum atomic E-state index is 12.6. The number of hydrogen-bond acceptors (Lipinski definition) is 3. The van der Waals surface area contributed by atoms with Gasteiger partial charge in [0.2, 0.25) is 0 Å². The van der Waals surface area contributed by atoms with E-state index in [0.29, 0.717) is 30.8 Å². The van der Waals surface area contributed by atoms with E-state index < -0.39 is 0 Å². The molecule has 4 heteroatoms. The zero-order valence-corrected chi connectivity index (χ0v) is 11.7. The maximum Gasteiger partial charge on any atom is 0.254 e. The molecule has 0 spiro atoms. The topological polar surface area (TPSA) is 70.1 Å². The van der Waals surface area contributed by atoms with E-state index in [9.17, 15) is 4.79 Å². The lowest BCUT2D eigenvalue weighted by Crippen LogP contribution is -2.34. The zero-order valence-electron chi connectivity index (χ0n) is 11.7. The summed E-state index contributed by atoms with van der Waals surface area (Å²) in [5.41, 5.74) is 7.65. The fraction of sp³-hybridized carbons (Fsp3) is 0.176. The lowest BCUT2D eigenvalue weighted by molar-refractivity contribution is 0.0748. The second-order valence-electron chi connectivity index (χ2n) is 4.69. The van der Waals surface area contributed by atoms with Gasteiger partial charge in [0, 0.05) is 25.2 Å². The van der Waals surface area contributed by atoms with Gasteiger partial charge in [-0.25, -0.2) is 0 Å². The monoisotopic (exact) mass is 279 g/mol. The number of rotatable bonds is 5. The van der Waals surface area contributed by atoms with E-state index in [2.05, 4.69) is 0 Å². The van der Waals surface area contributed by atoms with Gasteiger partial charge in [0.1, 0.15) is 0 Å². The van der Waals surface area contributed by atoms with Crippen LogP contribution >= 0.6 is 0 Å². The molecule has 0 fully saturated rings. The average molecular weight is 279 g/mol. The Labute approximate surface area is 124 Å². The molecule has 0 aliphatic rings. The molecule has 0 heterocycles. The summed E-state index contributed by atoms with van der Waals surface area (Å²) < 4.78 is 0. The largest absolute Gasteiger partial charge is 0.333 e. The number of benzene rings is 2. The Kier molecular flexibility index (Phi) is 5.08. The predicted molar refractivity (Wildman–Crippen MR) is 81.4 cm³/mol. The SMILES string of the molecule is N#Cc1cccc(C(=O)N(CCN)Cc2ccccc2)c1. The van der Waals surface area contributed by atoms with Gasteiger partial charge in [-0.15, -0.1) is 0 Å². The van der Waals surface area contributed by atoms with Crippen LogP contribution in [-0.4, -0.2) is 23.9 Å². The van der Waals surface area contributed by atoms with Crippen LogP contribution in [0.4, 0.5) is 0 Å². The predicted octanol–water partition coefficient (Wildman–Crippen LogP) is 2.16. The number of amides is 1. The molecular formula is C17H17N3O. The summed E-state index contributed by atoms with van der Waals surface area (Å²) in [6, 6.07) is 18.5. The molecule has 21 heavy (non-hydrogen) atoms. The molecular weight excluding hydrogens is 262 g/mol. The number of hydrogen-bond donors (Lipinski definition) is 1. The van der Waals surface area contributed by atoms with Crippen molar-refractivity contribution in [2.75, 3.05) is 13.1 Å². The summed E-state index contributed by atoms with van der Waals surface area (Å²) in [6.45, 7) is 1.38. The Hall–Kier alpha value is -2.64. The Balaban J connectivity index is 2.21. The van der Waals surface area contributed by atoms with Gasteiger partial charge in [0.05, 0.1) is 11.6 Å². The molecule has 2 rings (SSSR count). The van der Waals surface area contributed by atoms with E-state index in [1.807, 2.05) is 36.4 Å². The van der Waals surface area contributed by atoms with Crippen LogP contribution in [0.25, 0.3) is 0 Å². The van der Waals surface area contributed by atoms with Crippen LogP contribution in [0.15, 0.2) is 54.6 Å². The molecule has 0 aromatic heterocycles. The minimum Gasteiger partial charge on any atom is -0.333 e. The first-order valence-electron chi connectivity index (χ1n) is 6.78. The third-order valence-corrected chi connectivity index (χ3v) is 3.14. The highest BCUT2D eigenvalue weighted by Crippen LogP contribution is 2.11. The molecule has 0 saturated heterocycles. The Morgan fingerprint density at radius 1 is 1.14 bits per heavy atom. The number of carbonyl (C=O) groups is 1. The molecule has 0 bridgehead atoms. The van der Waals surface area contributed by atoms with Crippen LogP contribution in [-0.2, 0) is 6.54 Å². The zero-order chi connectivity index (χ0) is 15.1. The van der Waals surface area contributed by atoms with Crippen molar-refractivity contribution >= 4 is 5.91 Å². The van der Waals surface area contributed by atoms with Crippen molar-refractivity contribution in [3.8, 4) is 6.07 Å². The maximum absolute atomic E-state index is 12.6. The van der Waals surface area contributed by atoms with E-state index in [0.717, 1.165) is 5.56 Å². The first-order valence-corrected chi connectivity index (χ1v) is 6.78. The van der Waals surface area contributed by atoms with Crippen molar-refractivity contribution in [3.63, 3.8) is 0 Å². The molecule has 4 nitrogen and oxygen atoms in total. The summed E-state index contributed by atoms with van der Waals surface area (Å²) in [5.74, 6) is -0.110. The molecule has 106 valence electrons. The molecule has 0 atom stereocenters. The Morgan fingerprint density at radius 3 is 2.57 bits per heavy atom. The van der Waals surface area contributed by atoms with Crippen molar-refractivity contribution in [1.29, 1.82) is 5.26 Å². The highest BCUT2D eigenvalue weighted by Gasteiger charge is 2.15. The van der Waals surface area contributed by atoms with Crippen LogP contribution in [0, 0.1) is 11.3 Å². The highest BCUT2D eigenvalue weighted by atomic mass is 16.2. The van der Waals surface area contributed by atoms with Crippen LogP contribution in [0.5, 0.6) is 0 Å². The van der Waals surface area contributed by atoms with Crippen LogP contribution in [0.1, 0.15) is 21.5 Å². The van der Waals surface area contributed by atoms with Crippen molar-refractivity contribution in [2.24, 2.45) is 5.73 Å².